The van der Waals surface area contributed by atoms with Crippen LogP contribution >= 0.6 is 12.2 Å². The molecule has 4 nitrogen and oxygen atoms in total. The molecule has 0 aliphatic carbocycles. The zero-order valence-corrected chi connectivity index (χ0v) is 13.6. The molecule has 1 saturated heterocycles. The van der Waals surface area contributed by atoms with Gasteiger partial charge in [0, 0.05) is 31.9 Å². The van der Waals surface area contributed by atoms with Crippen LogP contribution in [0.15, 0.2) is 47.1 Å². The molecule has 116 valence electrons. The van der Waals surface area contributed by atoms with Crippen LogP contribution in [0.1, 0.15) is 11.3 Å². The summed E-state index contributed by atoms with van der Waals surface area (Å²) >= 11 is 5.55. The molecule has 0 atom stereocenters. The number of anilines is 1. The van der Waals surface area contributed by atoms with E-state index in [1.165, 1.54) is 5.56 Å². The van der Waals surface area contributed by atoms with Gasteiger partial charge in [0.2, 0.25) is 0 Å². The van der Waals surface area contributed by atoms with E-state index in [0.29, 0.717) is 0 Å². The Labute approximate surface area is 136 Å². The van der Waals surface area contributed by atoms with Crippen LogP contribution in [0.5, 0.6) is 0 Å². The molecule has 3 rings (SSSR count). The first kappa shape index (κ1) is 15.1. The molecule has 22 heavy (non-hydrogen) atoms. The van der Waals surface area contributed by atoms with Crippen LogP contribution in [0.25, 0.3) is 0 Å². The first-order valence-corrected chi connectivity index (χ1v) is 7.99. The molecular weight excluding hydrogens is 294 g/mol. The highest BCUT2D eigenvalue weighted by Gasteiger charge is 2.19. The Morgan fingerprint density at radius 1 is 1.14 bits per heavy atom. The summed E-state index contributed by atoms with van der Waals surface area (Å²) in [5, 5.41) is 4.17. The topological polar surface area (TPSA) is 31.6 Å². The first-order chi connectivity index (χ1) is 10.7. The average molecular weight is 315 g/mol. The Hall–Kier alpha value is -1.85. The van der Waals surface area contributed by atoms with Gasteiger partial charge < -0.3 is 14.6 Å². The lowest BCUT2D eigenvalue weighted by Gasteiger charge is -2.35. The van der Waals surface area contributed by atoms with Crippen molar-refractivity contribution in [3.8, 4) is 0 Å². The van der Waals surface area contributed by atoms with Crippen molar-refractivity contribution in [3.63, 3.8) is 0 Å². The van der Waals surface area contributed by atoms with Gasteiger partial charge >= 0.3 is 0 Å². The van der Waals surface area contributed by atoms with E-state index < -0.39 is 0 Å². The molecule has 0 unspecified atom stereocenters. The molecule has 2 heterocycles. The number of hydrogen-bond acceptors (Lipinski definition) is 3. The fourth-order valence-electron chi connectivity index (χ4n) is 2.64. The molecule has 1 N–H and O–H groups in total. The van der Waals surface area contributed by atoms with Crippen molar-refractivity contribution in [1.82, 2.24) is 9.80 Å². The Balaban J connectivity index is 1.50. The zero-order chi connectivity index (χ0) is 15.4. The molecule has 1 aromatic carbocycles. The number of hydrogen-bond donors (Lipinski definition) is 1. The fraction of sp³-hybridized carbons (Fsp3) is 0.353. The normalized spacial score (nSPS) is 15.8. The second-order valence-electron chi connectivity index (χ2n) is 5.59. The average Bonchev–Trinajstić information content (AvgIpc) is 3.03. The van der Waals surface area contributed by atoms with E-state index >= 15 is 0 Å². The van der Waals surface area contributed by atoms with E-state index in [1.807, 2.05) is 24.3 Å². The van der Waals surface area contributed by atoms with Gasteiger partial charge in [-0.3, -0.25) is 4.90 Å². The predicted octanol–water partition coefficient (Wildman–Crippen LogP) is 3.10. The Kier molecular flexibility index (Phi) is 4.75. The third-order valence-electron chi connectivity index (χ3n) is 4.01. The number of para-hydroxylation sites is 1. The smallest absolute Gasteiger partial charge is 0.173 e. The van der Waals surface area contributed by atoms with Crippen LogP contribution in [0, 0.1) is 6.92 Å². The highest BCUT2D eigenvalue weighted by Crippen LogP contribution is 2.15. The van der Waals surface area contributed by atoms with Crippen LogP contribution in [0.2, 0.25) is 0 Å². The maximum atomic E-state index is 5.55. The number of thiocarbonyl (C=S) groups is 1. The van der Waals surface area contributed by atoms with E-state index in [1.54, 1.807) is 6.26 Å². The standard InChI is InChI=1S/C17H21N3OS/c1-14-5-2-3-7-16(14)18-17(22)20-10-8-19(9-11-20)13-15-6-4-12-21-15/h2-7,12H,8-11,13H2,1H3,(H,18,22). The number of piperazine rings is 1. The van der Waals surface area contributed by atoms with Crippen LogP contribution in [0.3, 0.4) is 0 Å². The van der Waals surface area contributed by atoms with Crippen molar-refractivity contribution in [2.75, 3.05) is 31.5 Å². The van der Waals surface area contributed by atoms with Gasteiger partial charge in [0.25, 0.3) is 0 Å². The summed E-state index contributed by atoms with van der Waals surface area (Å²) in [7, 11) is 0. The van der Waals surface area contributed by atoms with Gasteiger partial charge in [0.05, 0.1) is 12.8 Å². The van der Waals surface area contributed by atoms with Crippen molar-refractivity contribution < 1.29 is 4.42 Å². The number of rotatable bonds is 3. The summed E-state index contributed by atoms with van der Waals surface area (Å²) in [5.41, 5.74) is 2.30. The summed E-state index contributed by atoms with van der Waals surface area (Å²) in [6.07, 6.45) is 1.73. The Bertz CT molecular complexity index is 619. The number of benzene rings is 1. The second-order valence-corrected chi connectivity index (χ2v) is 5.97. The van der Waals surface area contributed by atoms with Gasteiger partial charge in [0.1, 0.15) is 5.76 Å². The van der Waals surface area contributed by atoms with Crippen molar-refractivity contribution in [2.24, 2.45) is 0 Å². The highest BCUT2D eigenvalue weighted by molar-refractivity contribution is 7.80. The molecule has 0 amide bonds. The van der Waals surface area contributed by atoms with Gasteiger partial charge in [-0.1, -0.05) is 18.2 Å². The summed E-state index contributed by atoms with van der Waals surface area (Å²) in [5.74, 6) is 1.02. The van der Waals surface area contributed by atoms with Crippen LogP contribution in [0.4, 0.5) is 5.69 Å². The van der Waals surface area contributed by atoms with E-state index in [-0.39, 0.29) is 0 Å². The first-order valence-electron chi connectivity index (χ1n) is 7.58. The van der Waals surface area contributed by atoms with Gasteiger partial charge in [-0.25, -0.2) is 0 Å². The number of nitrogens with zero attached hydrogens (tertiary/aromatic N) is 2. The summed E-state index contributed by atoms with van der Waals surface area (Å²) in [4.78, 5) is 4.63. The maximum absolute atomic E-state index is 5.55. The minimum atomic E-state index is 0.812. The number of nitrogens with one attached hydrogen (secondary N) is 1. The molecule has 1 aromatic heterocycles. The molecule has 1 aliphatic heterocycles. The molecule has 2 aromatic rings. The number of furan rings is 1. The van der Waals surface area contributed by atoms with E-state index in [2.05, 4.69) is 34.2 Å². The third kappa shape index (κ3) is 3.67. The summed E-state index contributed by atoms with van der Waals surface area (Å²) < 4.78 is 5.41. The summed E-state index contributed by atoms with van der Waals surface area (Å²) in [6, 6.07) is 12.2. The van der Waals surface area contributed by atoms with Gasteiger partial charge in [0.15, 0.2) is 5.11 Å². The van der Waals surface area contributed by atoms with Crippen molar-refractivity contribution in [3.05, 3.63) is 54.0 Å². The lowest BCUT2D eigenvalue weighted by Crippen LogP contribution is -2.49. The fourth-order valence-corrected chi connectivity index (χ4v) is 2.93. The molecule has 1 aliphatic rings. The van der Waals surface area contributed by atoms with Gasteiger partial charge in [-0.15, -0.1) is 0 Å². The molecule has 1 fully saturated rings. The second kappa shape index (κ2) is 6.94. The Morgan fingerprint density at radius 2 is 1.91 bits per heavy atom. The van der Waals surface area contributed by atoms with Crippen LogP contribution in [-0.4, -0.2) is 41.1 Å². The number of aryl methyl sites for hydroxylation is 1. The Morgan fingerprint density at radius 3 is 2.59 bits per heavy atom. The molecule has 0 radical (unpaired) electrons. The minimum Gasteiger partial charge on any atom is -0.468 e. The van der Waals surface area contributed by atoms with Crippen LogP contribution < -0.4 is 5.32 Å². The van der Waals surface area contributed by atoms with Gasteiger partial charge in [-0.2, -0.15) is 0 Å². The lowest BCUT2D eigenvalue weighted by molar-refractivity contribution is 0.166. The maximum Gasteiger partial charge on any atom is 0.173 e. The molecule has 0 saturated carbocycles. The third-order valence-corrected chi connectivity index (χ3v) is 4.37. The largest absolute Gasteiger partial charge is 0.468 e. The molecule has 5 heteroatoms. The van der Waals surface area contributed by atoms with Crippen molar-refractivity contribution in [2.45, 2.75) is 13.5 Å². The molecule has 0 bridgehead atoms. The van der Waals surface area contributed by atoms with E-state index in [4.69, 9.17) is 16.6 Å². The predicted molar refractivity (Wildman–Crippen MR) is 93.0 cm³/mol. The monoisotopic (exact) mass is 315 g/mol. The highest BCUT2D eigenvalue weighted by atomic mass is 32.1. The van der Waals surface area contributed by atoms with E-state index in [9.17, 15) is 0 Å². The lowest BCUT2D eigenvalue weighted by atomic mass is 10.2. The minimum absolute atomic E-state index is 0.812. The summed E-state index contributed by atoms with van der Waals surface area (Å²) in [6.45, 7) is 6.84. The zero-order valence-electron chi connectivity index (χ0n) is 12.8. The van der Waals surface area contributed by atoms with Crippen molar-refractivity contribution in [1.29, 1.82) is 0 Å². The molecule has 0 spiro atoms. The quantitative estimate of drug-likeness (QED) is 0.880. The SMILES string of the molecule is Cc1ccccc1NC(=S)N1CCN(Cc2ccco2)CC1. The van der Waals surface area contributed by atoms with E-state index in [0.717, 1.165) is 49.3 Å². The van der Waals surface area contributed by atoms with Crippen molar-refractivity contribution >= 4 is 23.0 Å². The molecular formula is C17H21N3OS. The van der Waals surface area contributed by atoms with Crippen LogP contribution in [-0.2, 0) is 6.54 Å². The van der Waals surface area contributed by atoms with Gasteiger partial charge in [-0.05, 0) is 42.9 Å².